The third-order valence-electron chi connectivity index (χ3n) is 4.33. The predicted molar refractivity (Wildman–Crippen MR) is 108 cm³/mol. The zero-order chi connectivity index (χ0) is 21.4. The van der Waals surface area contributed by atoms with E-state index in [2.05, 4.69) is 10.6 Å². The largest absolute Gasteiger partial charge is 0.454 e. The third kappa shape index (κ3) is 6.87. The van der Waals surface area contributed by atoms with Crippen molar-refractivity contribution in [1.29, 1.82) is 0 Å². The van der Waals surface area contributed by atoms with Crippen LogP contribution in [0.4, 0.5) is 10.1 Å². The fourth-order valence-electron chi connectivity index (χ4n) is 2.45. The number of nitrogens with one attached hydrogen (secondary N) is 2. The molecular formula is C21H22ClFN2O4. The SMILES string of the molecule is CC[C@H](C)[C@H](NC(=O)c1ccc(Cl)cc1)C(=O)OCC(=O)Nc1ccc(F)cc1. The van der Waals surface area contributed by atoms with Crippen molar-refractivity contribution in [3.63, 3.8) is 0 Å². The summed E-state index contributed by atoms with van der Waals surface area (Å²) in [6.07, 6.45) is 0.614. The molecule has 154 valence electrons. The molecule has 0 aliphatic heterocycles. The summed E-state index contributed by atoms with van der Waals surface area (Å²) in [5, 5.41) is 5.64. The number of benzene rings is 2. The number of ether oxygens (including phenoxy) is 1. The van der Waals surface area contributed by atoms with Gasteiger partial charge >= 0.3 is 5.97 Å². The molecule has 29 heavy (non-hydrogen) atoms. The highest BCUT2D eigenvalue weighted by Gasteiger charge is 2.28. The van der Waals surface area contributed by atoms with E-state index in [1.807, 2.05) is 6.92 Å². The highest BCUT2D eigenvalue weighted by molar-refractivity contribution is 6.30. The number of esters is 1. The molecule has 0 fully saturated rings. The summed E-state index contributed by atoms with van der Waals surface area (Å²) >= 11 is 5.82. The monoisotopic (exact) mass is 420 g/mol. The fourth-order valence-corrected chi connectivity index (χ4v) is 2.58. The number of amides is 2. The van der Waals surface area contributed by atoms with E-state index in [0.29, 0.717) is 22.7 Å². The average molecular weight is 421 g/mol. The Morgan fingerprint density at radius 2 is 1.69 bits per heavy atom. The molecule has 8 heteroatoms. The Morgan fingerprint density at radius 1 is 1.07 bits per heavy atom. The minimum absolute atomic E-state index is 0.209. The summed E-state index contributed by atoms with van der Waals surface area (Å²) in [6, 6.07) is 10.5. The first-order chi connectivity index (χ1) is 13.8. The molecular weight excluding hydrogens is 399 g/mol. The predicted octanol–water partition coefficient (Wildman–Crippen LogP) is 3.81. The number of carbonyl (C=O) groups excluding carboxylic acids is 3. The molecule has 6 nitrogen and oxygen atoms in total. The van der Waals surface area contributed by atoms with Crippen LogP contribution in [-0.4, -0.2) is 30.4 Å². The van der Waals surface area contributed by atoms with Crippen LogP contribution in [0, 0.1) is 11.7 Å². The van der Waals surface area contributed by atoms with Crippen LogP contribution in [0.1, 0.15) is 30.6 Å². The number of anilines is 1. The Kier molecular flexibility index (Phi) is 8.15. The lowest BCUT2D eigenvalue weighted by Crippen LogP contribution is -2.46. The summed E-state index contributed by atoms with van der Waals surface area (Å²) in [5.74, 6) is -2.37. The van der Waals surface area contributed by atoms with Gasteiger partial charge in [-0.25, -0.2) is 9.18 Å². The third-order valence-corrected chi connectivity index (χ3v) is 4.59. The van der Waals surface area contributed by atoms with E-state index in [1.54, 1.807) is 31.2 Å². The van der Waals surface area contributed by atoms with Crippen molar-refractivity contribution in [3.05, 3.63) is 64.9 Å². The van der Waals surface area contributed by atoms with E-state index >= 15 is 0 Å². The van der Waals surface area contributed by atoms with Crippen molar-refractivity contribution in [2.45, 2.75) is 26.3 Å². The second kappa shape index (κ2) is 10.6. The van der Waals surface area contributed by atoms with Gasteiger partial charge in [0.1, 0.15) is 11.9 Å². The highest BCUT2D eigenvalue weighted by atomic mass is 35.5. The molecule has 2 amide bonds. The number of hydrogen-bond acceptors (Lipinski definition) is 4. The molecule has 0 aromatic heterocycles. The van der Waals surface area contributed by atoms with Gasteiger partial charge in [-0.15, -0.1) is 0 Å². The van der Waals surface area contributed by atoms with E-state index in [-0.39, 0.29) is 5.92 Å². The summed E-state index contributed by atoms with van der Waals surface area (Å²) in [6.45, 7) is 3.15. The first-order valence-electron chi connectivity index (χ1n) is 9.08. The molecule has 2 atom stereocenters. The molecule has 0 radical (unpaired) electrons. The van der Waals surface area contributed by atoms with Crippen molar-refractivity contribution in [2.75, 3.05) is 11.9 Å². The Bertz CT molecular complexity index is 856. The van der Waals surface area contributed by atoms with Crippen LogP contribution in [-0.2, 0) is 14.3 Å². The average Bonchev–Trinajstić information content (AvgIpc) is 2.71. The maximum absolute atomic E-state index is 12.9. The van der Waals surface area contributed by atoms with Crippen LogP contribution in [0.15, 0.2) is 48.5 Å². The number of rotatable bonds is 8. The zero-order valence-corrected chi connectivity index (χ0v) is 16.8. The van der Waals surface area contributed by atoms with Crippen LogP contribution in [0.25, 0.3) is 0 Å². The van der Waals surface area contributed by atoms with Gasteiger partial charge in [-0.05, 0) is 54.4 Å². The molecule has 2 aromatic carbocycles. The summed E-state index contributed by atoms with van der Waals surface area (Å²) < 4.78 is 18.0. The van der Waals surface area contributed by atoms with E-state index in [0.717, 1.165) is 0 Å². The molecule has 0 heterocycles. The van der Waals surface area contributed by atoms with Crippen LogP contribution in [0.5, 0.6) is 0 Å². The van der Waals surface area contributed by atoms with Gasteiger partial charge in [0, 0.05) is 16.3 Å². The van der Waals surface area contributed by atoms with Gasteiger partial charge in [0.05, 0.1) is 0 Å². The molecule has 2 aromatic rings. The van der Waals surface area contributed by atoms with Gasteiger partial charge < -0.3 is 15.4 Å². The Hall–Kier alpha value is -2.93. The molecule has 0 spiro atoms. The maximum Gasteiger partial charge on any atom is 0.329 e. The Labute approximate surface area is 173 Å². The van der Waals surface area contributed by atoms with Gasteiger partial charge in [-0.2, -0.15) is 0 Å². The number of carbonyl (C=O) groups is 3. The van der Waals surface area contributed by atoms with Crippen LogP contribution < -0.4 is 10.6 Å². The molecule has 0 saturated carbocycles. The van der Waals surface area contributed by atoms with Gasteiger partial charge in [0.25, 0.3) is 11.8 Å². The summed E-state index contributed by atoms with van der Waals surface area (Å²) in [5.41, 5.74) is 0.728. The van der Waals surface area contributed by atoms with Crippen LogP contribution in [0.3, 0.4) is 0 Å². The van der Waals surface area contributed by atoms with Crippen molar-refractivity contribution in [1.82, 2.24) is 5.32 Å². The van der Waals surface area contributed by atoms with Crippen molar-refractivity contribution in [3.8, 4) is 0 Å². The smallest absolute Gasteiger partial charge is 0.329 e. The van der Waals surface area contributed by atoms with E-state index < -0.39 is 36.2 Å². The van der Waals surface area contributed by atoms with Crippen molar-refractivity contribution in [2.24, 2.45) is 5.92 Å². The lowest BCUT2D eigenvalue weighted by atomic mass is 9.99. The second-order valence-electron chi connectivity index (χ2n) is 6.51. The van der Waals surface area contributed by atoms with E-state index in [9.17, 15) is 18.8 Å². The van der Waals surface area contributed by atoms with Crippen LogP contribution in [0.2, 0.25) is 5.02 Å². The Balaban J connectivity index is 1.95. The second-order valence-corrected chi connectivity index (χ2v) is 6.94. The number of hydrogen-bond donors (Lipinski definition) is 2. The van der Waals surface area contributed by atoms with Gasteiger partial charge in [-0.3, -0.25) is 9.59 Å². The molecule has 0 aliphatic carbocycles. The van der Waals surface area contributed by atoms with Crippen molar-refractivity contribution >= 4 is 35.1 Å². The Morgan fingerprint density at radius 3 is 2.28 bits per heavy atom. The van der Waals surface area contributed by atoms with Crippen molar-refractivity contribution < 1.29 is 23.5 Å². The first kappa shape index (κ1) is 22.4. The first-order valence-corrected chi connectivity index (χ1v) is 9.46. The lowest BCUT2D eigenvalue weighted by molar-refractivity contribution is -0.150. The maximum atomic E-state index is 12.9. The highest BCUT2D eigenvalue weighted by Crippen LogP contribution is 2.13. The summed E-state index contributed by atoms with van der Waals surface area (Å²) in [4.78, 5) is 36.9. The summed E-state index contributed by atoms with van der Waals surface area (Å²) in [7, 11) is 0. The standard InChI is InChI=1S/C21H22ClFN2O4/c1-3-13(2)19(25-20(27)14-4-6-15(22)7-5-14)21(28)29-12-18(26)24-17-10-8-16(23)9-11-17/h4-11,13,19H,3,12H2,1-2H3,(H,24,26)(H,25,27)/t13-,19-/m0/s1. The molecule has 0 bridgehead atoms. The van der Waals surface area contributed by atoms with Gasteiger partial charge in [0.2, 0.25) is 0 Å². The zero-order valence-electron chi connectivity index (χ0n) is 16.1. The number of halogens is 2. The minimum atomic E-state index is -0.915. The van der Waals surface area contributed by atoms with Gasteiger partial charge in [-0.1, -0.05) is 31.9 Å². The van der Waals surface area contributed by atoms with Crippen LogP contribution >= 0.6 is 11.6 Å². The quantitative estimate of drug-likeness (QED) is 0.636. The molecule has 0 saturated heterocycles. The molecule has 2 N–H and O–H groups in total. The molecule has 0 unspecified atom stereocenters. The minimum Gasteiger partial charge on any atom is -0.454 e. The van der Waals surface area contributed by atoms with E-state index in [1.165, 1.54) is 24.3 Å². The fraction of sp³-hybridized carbons (Fsp3) is 0.286. The molecule has 2 rings (SSSR count). The van der Waals surface area contributed by atoms with E-state index in [4.69, 9.17) is 16.3 Å². The lowest BCUT2D eigenvalue weighted by Gasteiger charge is -2.22. The van der Waals surface area contributed by atoms with Gasteiger partial charge in [0.15, 0.2) is 6.61 Å². The topological polar surface area (TPSA) is 84.5 Å². The normalized spacial score (nSPS) is 12.6. The molecule has 0 aliphatic rings.